The minimum atomic E-state index is -1.69. The van der Waals surface area contributed by atoms with Gasteiger partial charge in [-0.15, -0.1) is 5.10 Å². The van der Waals surface area contributed by atoms with Gasteiger partial charge in [0.1, 0.15) is 5.69 Å². The quantitative estimate of drug-likeness (QED) is 0.924. The maximum Gasteiger partial charge on any atom is 0.171 e. The van der Waals surface area contributed by atoms with Crippen LogP contribution in [-0.2, 0) is 5.67 Å². The van der Waals surface area contributed by atoms with Crippen LogP contribution in [0.3, 0.4) is 0 Å². The lowest BCUT2D eigenvalue weighted by Crippen LogP contribution is -2.44. The lowest BCUT2D eigenvalue weighted by Gasteiger charge is -2.36. The van der Waals surface area contributed by atoms with Gasteiger partial charge in [-0.25, -0.2) is 9.07 Å². The SMILES string of the molecule is CC(C)(C)C(F)(CN)c1cnnn1-c1ccccc1. The summed E-state index contributed by atoms with van der Waals surface area (Å²) in [5, 5.41) is 7.83. The highest BCUT2D eigenvalue weighted by molar-refractivity contribution is 5.33. The van der Waals surface area contributed by atoms with Gasteiger partial charge in [0.05, 0.1) is 11.9 Å². The zero-order valence-corrected chi connectivity index (χ0v) is 11.5. The lowest BCUT2D eigenvalue weighted by molar-refractivity contribution is 0.0276. The zero-order chi connectivity index (χ0) is 14.1. The number of nitrogens with two attached hydrogens (primary N) is 1. The van der Waals surface area contributed by atoms with Crippen LogP contribution in [0.1, 0.15) is 26.5 Å². The van der Waals surface area contributed by atoms with Crippen molar-refractivity contribution < 1.29 is 4.39 Å². The van der Waals surface area contributed by atoms with Crippen molar-refractivity contribution in [2.45, 2.75) is 26.4 Å². The number of para-hydroxylation sites is 1. The van der Waals surface area contributed by atoms with E-state index in [1.165, 1.54) is 10.9 Å². The van der Waals surface area contributed by atoms with Gasteiger partial charge < -0.3 is 5.73 Å². The molecule has 0 aliphatic heterocycles. The molecule has 2 rings (SSSR count). The number of hydrogen-bond acceptors (Lipinski definition) is 3. The third-order valence-corrected chi connectivity index (χ3v) is 3.43. The lowest BCUT2D eigenvalue weighted by atomic mass is 9.76. The monoisotopic (exact) mass is 262 g/mol. The molecule has 0 bridgehead atoms. The zero-order valence-electron chi connectivity index (χ0n) is 11.5. The van der Waals surface area contributed by atoms with Crippen molar-refractivity contribution in [3.8, 4) is 5.69 Å². The predicted octanol–water partition coefficient (Wildman–Crippen LogP) is 2.44. The first-order valence-corrected chi connectivity index (χ1v) is 6.26. The number of hydrogen-bond donors (Lipinski definition) is 1. The van der Waals surface area contributed by atoms with Crippen molar-refractivity contribution in [3.63, 3.8) is 0 Å². The Balaban J connectivity index is 2.56. The Bertz CT molecular complexity index is 544. The van der Waals surface area contributed by atoms with E-state index in [1.807, 2.05) is 51.1 Å². The molecule has 0 amide bonds. The molecule has 19 heavy (non-hydrogen) atoms. The predicted molar refractivity (Wildman–Crippen MR) is 72.7 cm³/mol. The molecule has 2 aromatic rings. The highest BCUT2D eigenvalue weighted by Gasteiger charge is 2.46. The fourth-order valence-electron chi connectivity index (χ4n) is 2.06. The molecular weight excluding hydrogens is 243 g/mol. The number of rotatable bonds is 3. The van der Waals surface area contributed by atoms with E-state index in [-0.39, 0.29) is 6.54 Å². The van der Waals surface area contributed by atoms with Gasteiger partial charge in [0.25, 0.3) is 0 Å². The standard InChI is InChI=1S/C14H19FN4/c1-13(2,3)14(15,10-16)12-9-17-18-19(12)11-7-5-4-6-8-11/h4-9H,10,16H2,1-3H3. The van der Waals surface area contributed by atoms with E-state index in [0.29, 0.717) is 5.69 Å². The Morgan fingerprint density at radius 3 is 2.37 bits per heavy atom. The summed E-state index contributed by atoms with van der Waals surface area (Å²) < 4.78 is 16.8. The van der Waals surface area contributed by atoms with Crippen LogP contribution < -0.4 is 5.73 Å². The maximum absolute atomic E-state index is 15.3. The average molecular weight is 262 g/mol. The molecule has 1 aromatic heterocycles. The second-order valence-corrected chi connectivity index (χ2v) is 5.62. The van der Waals surface area contributed by atoms with Gasteiger partial charge >= 0.3 is 0 Å². The fraction of sp³-hybridized carbons (Fsp3) is 0.429. The molecule has 0 fully saturated rings. The molecule has 4 nitrogen and oxygen atoms in total. The Morgan fingerprint density at radius 2 is 1.84 bits per heavy atom. The Labute approximate surface area is 112 Å². The van der Waals surface area contributed by atoms with Crippen molar-refractivity contribution in [2.75, 3.05) is 6.54 Å². The summed E-state index contributed by atoms with van der Waals surface area (Å²) in [7, 11) is 0. The Hall–Kier alpha value is -1.75. The first kappa shape index (κ1) is 13.7. The second kappa shape index (κ2) is 4.74. The van der Waals surface area contributed by atoms with Crippen molar-refractivity contribution in [2.24, 2.45) is 11.1 Å². The summed E-state index contributed by atoms with van der Waals surface area (Å²) in [6.07, 6.45) is 1.45. The van der Waals surface area contributed by atoms with Crippen molar-refractivity contribution >= 4 is 0 Å². The summed E-state index contributed by atoms with van der Waals surface area (Å²) in [6.45, 7) is 5.35. The van der Waals surface area contributed by atoms with Gasteiger partial charge in [-0.05, 0) is 12.1 Å². The molecule has 1 unspecified atom stereocenters. The van der Waals surface area contributed by atoms with E-state index in [4.69, 9.17) is 5.73 Å². The fourth-order valence-corrected chi connectivity index (χ4v) is 2.06. The molecule has 1 aromatic carbocycles. The number of alkyl halides is 1. The topological polar surface area (TPSA) is 56.7 Å². The molecule has 0 spiro atoms. The minimum absolute atomic E-state index is 0.114. The highest BCUT2D eigenvalue weighted by atomic mass is 19.1. The van der Waals surface area contributed by atoms with Crippen molar-refractivity contribution in [1.29, 1.82) is 0 Å². The van der Waals surface area contributed by atoms with E-state index in [1.54, 1.807) is 0 Å². The molecule has 0 saturated heterocycles. The van der Waals surface area contributed by atoms with Crippen LogP contribution in [0.25, 0.3) is 5.69 Å². The van der Waals surface area contributed by atoms with Gasteiger partial charge in [-0.1, -0.05) is 44.2 Å². The van der Waals surface area contributed by atoms with Crippen molar-refractivity contribution in [3.05, 3.63) is 42.2 Å². The molecule has 0 aliphatic rings. The van der Waals surface area contributed by atoms with Gasteiger partial charge in [-0.2, -0.15) is 0 Å². The molecule has 0 aliphatic carbocycles. The van der Waals surface area contributed by atoms with E-state index in [0.717, 1.165) is 5.69 Å². The van der Waals surface area contributed by atoms with Crippen LogP contribution in [0.15, 0.2) is 36.5 Å². The van der Waals surface area contributed by atoms with Gasteiger partial charge in [0.2, 0.25) is 0 Å². The summed E-state index contributed by atoms with van der Waals surface area (Å²) in [4.78, 5) is 0. The van der Waals surface area contributed by atoms with Crippen LogP contribution in [0.2, 0.25) is 0 Å². The van der Waals surface area contributed by atoms with E-state index >= 15 is 4.39 Å². The molecule has 2 N–H and O–H groups in total. The minimum Gasteiger partial charge on any atom is -0.327 e. The first-order valence-electron chi connectivity index (χ1n) is 6.26. The van der Waals surface area contributed by atoms with Gasteiger partial charge in [0.15, 0.2) is 5.67 Å². The number of nitrogens with zero attached hydrogens (tertiary/aromatic N) is 3. The van der Waals surface area contributed by atoms with Crippen LogP contribution in [0, 0.1) is 5.41 Å². The Kier molecular flexibility index (Phi) is 3.41. The number of halogens is 1. The van der Waals surface area contributed by atoms with Gasteiger partial charge in [-0.3, -0.25) is 0 Å². The molecule has 1 atom stereocenters. The third-order valence-electron chi connectivity index (χ3n) is 3.43. The van der Waals surface area contributed by atoms with Crippen LogP contribution in [-0.4, -0.2) is 21.5 Å². The summed E-state index contributed by atoms with van der Waals surface area (Å²) in [5.41, 5.74) is 4.51. The van der Waals surface area contributed by atoms with Crippen molar-refractivity contribution in [1.82, 2.24) is 15.0 Å². The number of aromatic nitrogens is 3. The van der Waals surface area contributed by atoms with Gasteiger partial charge in [0, 0.05) is 12.0 Å². The maximum atomic E-state index is 15.3. The smallest absolute Gasteiger partial charge is 0.171 e. The number of benzene rings is 1. The highest BCUT2D eigenvalue weighted by Crippen LogP contribution is 2.42. The van der Waals surface area contributed by atoms with Crippen LogP contribution >= 0.6 is 0 Å². The first-order chi connectivity index (χ1) is 8.90. The molecule has 0 radical (unpaired) electrons. The van der Waals surface area contributed by atoms with Crippen LogP contribution in [0.4, 0.5) is 4.39 Å². The average Bonchev–Trinajstić information content (AvgIpc) is 2.87. The normalized spacial score (nSPS) is 15.2. The van der Waals surface area contributed by atoms with E-state index < -0.39 is 11.1 Å². The summed E-state index contributed by atoms with van der Waals surface area (Å²) in [5.74, 6) is 0. The molecule has 0 saturated carbocycles. The summed E-state index contributed by atoms with van der Waals surface area (Å²) >= 11 is 0. The van der Waals surface area contributed by atoms with E-state index in [2.05, 4.69) is 10.3 Å². The summed E-state index contributed by atoms with van der Waals surface area (Å²) in [6, 6.07) is 9.37. The second-order valence-electron chi connectivity index (χ2n) is 5.62. The third kappa shape index (κ3) is 2.26. The molecular formula is C14H19FN4. The molecule has 102 valence electrons. The largest absolute Gasteiger partial charge is 0.327 e. The molecule has 1 heterocycles. The molecule has 5 heteroatoms. The van der Waals surface area contributed by atoms with E-state index in [9.17, 15) is 0 Å². The Morgan fingerprint density at radius 1 is 1.21 bits per heavy atom. The van der Waals surface area contributed by atoms with Crippen LogP contribution in [0.5, 0.6) is 0 Å².